The fourth-order valence-corrected chi connectivity index (χ4v) is 4.70. The minimum Gasteiger partial charge on any atom is -0.121 e. The molecule has 0 bridgehead atoms. The van der Waals surface area contributed by atoms with Gasteiger partial charge in [0, 0.05) is 5.31 Å². The molecule has 0 saturated carbocycles. The van der Waals surface area contributed by atoms with Crippen molar-refractivity contribution in [3.8, 4) is 0 Å². The van der Waals surface area contributed by atoms with Gasteiger partial charge in [-0.25, -0.2) is 0 Å². The summed E-state index contributed by atoms with van der Waals surface area (Å²) >= 11 is 0. The maximum Gasteiger partial charge on any atom is 0.00428 e. The van der Waals surface area contributed by atoms with E-state index in [4.69, 9.17) is 0 Å². The number of hydrogen-bond acceptors (Lipinski definition) is 0. The van der Waals surface area contributed by atoms with Gasteiger partial charge in [0.2, 0.25) is 0 Å². The summed E-state index contributed by atoms with van der Waals surface area (Å²) in [5.74, 6) is 0. The first-order chi connectivity index (χ1) is 8.95. The van der Waals surface area contributed by atoms with E-state index < -0.39 is 0 Å². The molecule has 0 fully saturated rings. The smallest absolute Gasteiger partial charge is 0.00428 e. The average molecular weight is 250 g/mol. The second-order valence-corrected chi connectivity index (χ2v) is 6.58. The van der Waals surface area contributed by atoms with Gasteiger partial charge in [-0.15, -0.1) is 5.73 Å². The van der Waals surface area contributed by atoms with E-state index in [1.54, 1.807) is 0 Å². The van der Waals surface area contributed by atoms with Gasteiger partial charge in [-0.3, -0.25) is 0 Å². The van der Waals surface area contributed by atoms with Crippen LogP contribution in [0.15, 0.2) is 77.8 Å². The third kappa shape index (κ3) is 2.31. The molecule has 0 atom stereocenters. The molecule has 88 valence electrons. The van der Waals surface area contributed by atoms with Gasteiger partial charge in [0.05, 0.1) is 0 Å². The van der Waals surface area contributed by atoms with E-state index in [1.165, 1.54) is 15.9 Å². The molecule has 0 N–H and O–H groups in total. The minimum absolute atomic E-state index is 0.378. The summed E-state index contributed by atoms with van der Waals surface area (Å²) in [5.41, 5.74) is 3.47. The van der Waals surface area contributed by atoms with E-state index in [1.807, 2.05) is 0 Å². The predicted molar refractivity (Wildman–Crippen MR) is 79.9 cm³/mol. The van der Waals surface area contributed by atoms with Crippen molar-refractivity contribution in [1.82, 2.24) is 0 Å². The Bertz CT molecular complexity index is 538. The lowest BCUT2D eigenvalue weighted by Gasteiger charge is -2.19. The lowest BCUT2D eigenvalue weighted by atomic mass is 10.4. The van der Waals surface area contributed by atoms with E-state index in [2.05, 4.69) is 72.5 Å². The molecule has 0 amide bonds. The molecule has 2 aromatic carbocycles. The predicted octanol–water partition coefficient (Wildman–Crippen LogP) is 3.95. The van der Waals surface area contributed by atoms with Gasteiger partial charge in [0.15, 0.2) is 0 Å². The summed E-state index contributed by atoms with van der Waals surface area (Å²) in [7, 11) is -0.378. The van der Waals surface area contributed by atoms with Gasteiger partial charge in [-0.1, -0.05) is 60.7 Å². The van der Waals surface area contributed by atoms with Crippen molar-refractivity contribution < 1.29 is 0 Å². The van der Waals surface area contributed by atoms with Crippen molar-refractivity contribution in [2.75, 3.05) is 0 Å². The van der Waals surface area contributed by atoms with Crippen LogP contribution in [0.25, 0.3) is 0 Å². The van der Waals surface area contributed by atoms with Crippen LogP contribution in [0.5, 0.6) is 0 Å². The van der Waals surface area contributed by atoms with Crippen molar-refractivity contribution >= 4 is 18.5 Å². The number of allylic oxidation sites excluding steroid dienone is 1. The highest BCUT2D eigenvalue weighted by molar-refractivity contribution is 7.76. The largest absolute Gasteiger partial charge is 0.121 e. The van der Waals surface area contributed by atoms with Crippen LogP contribution in [0, 0.1) is 0 Å². The summed E-state index contributed by atoms with van der Waals surface area (Å²) in [4.78, 5) is 0. The normalized spacial score (nSPS) is 13.9. The molecule has 0 aromatic heterocycles. The Kier molecular flexibility index (Phi) is 3.42. The highest BCUT2D eigenvalue weighted by Crippen LogP contribution is 2.45. The molecule has 0 aliphatic heterocycles. The lowest BCUT2D eigenvalue weighted by molar-refractivity contribution is 1.07. The van der Waals surface area contributed by atoms with Crippen molar-refractivity contribution in [3.63, 3.8) is 0 Å². The monoisotopic (exact) mass is 250 g/mol. The fourth-order valence-electron chi connectivity index (χ4n) is 2.26. The van der Waals surface area contributed by atoms with Crippen LogP contribution >= 0.6 is 7.92 Å². The fraction of sp³-hybridized carbons (Fsp3) is 0.118. The summed E-state index contributed by atoms with van der Waals surface area (Å²) < 4.78 is 0. The van der Waals surface area contributed by atoms with Crippen LogP contribution in [0.1, 0.15) is 12.8 Å². The third-order valence-corrected chi connectivity index (χ3v) is 5.61. The summed E-state index contributed by atoms with van der Waals surface area (Å²) in [6.07, 6.45) is 4.49. The van der Waals surface area contributed by atoms with Crippen LogP contribution in [0.2, 0.25) is 0 Å². The molecule has 3 rings (SSSR count). The molecular weight excluding hydrogens is 235 g/mol. The van der Waals surface area contributed by atoms with Crippen molar-refractivity contribution in [2.45, 2.75) is 12.8 Å². The van der Waals surface area contributed by atoms with Gasteiger partial charge in [0.1, 0.15) is 0 Å². The van der Waals surface area contributed by atoms with Crippen LogP contribution in [-0.2, 0) is 0 Å². The molecule has 0 saturated heterocycles. The first-order valence-corrected chi connectivity index (χ1v) is 7.63. The number of rotatable bonds is 3. The molecular formula is C17H15P. The molecule has 0 unspecified atom stereocenters. The van der Waals surface area contributed by atoms with Crippen LogP contribution in [0.3, 0.4) is 0 Å². The summed E-state index contributed by atoms with van der Waals surface area (Å²) in [6.45, 7) is 0. The van der Waals surface area contributed by atoms with Gasteiger partial charge < -0.3 is 0 Å². The van der Waals surface area contributed by atoms with Crippen LogP contribution in [0.4, 0.5) is 0 Å². The molecule has 0 radical (unpaired) electrons. The Balaban J connectivity index is 2.08. The molecule has 18 heavy (non-hydrogen) atoms. The van der Waals surface area contributed by atoms with E-state index in [9.17, 15) is 0 Å². The minimum atomic E-state index is -0.378. The van der Waals surface area contributed by atoms with Crippen LogP contribution in [-0.4, -0.2) is 0 Å². The second-order valence-electron chi connectivity index (χ2n) is 4.34. The summed E-state index contributed by atoms with van der Waals surface area (Å²) in [5, 5.41) is 4.33. The molecule has 2 aromatic rings. The van der Waals surface area contributed by atoms with Crippen LogP contribution < -0.4 is 10.6 Å². The summed E-state index contributed by atoms with van der Waals surface area (Å²) in [6, 6.07) is 21.7. The highest BCUT2D eigenvalue weighted by atomic mass is 31.1. The SMILES string of the molecule is C1=CCCC=1P(c1ccccc1)c1ccccc1. The van der Waals surface area contributed by atoms with E-state index >= 15 is 0 Å². The molecule has 1 aliphatic rings. The van der Waals surface area contributed by atoms with Gasteiger partial charge in [0.25, 0.3) is 0 Å². The Hall–Kier alpha value is -1.61. The molecule has 1 heteroatoms. The number of hydrogen-bond donors (Lipinski definition) is 0. The maximum absolute atomic E-state index is 3.47. The topological polar surface area (TPSA) is 0 Å². The van der Waals surface area contributed by atoms with Crippen molar-refractivity contribution in [1.29, 1.82) is 0 Å². The Morgan fingerprint density at radius 3 is 1.78 bits per heavy atom. The van der Waals surface area contributed by atoms with E-state index in [0.717, 1.165) is 12.8 Å². The molecule has 1 aliphatic carbocycles. The second kappa shape index (κ2) is 5.36. The van der Waals surface area contributed by atoms with E-state index in [-0.39, 0.29) is 7.92 Å². The van der Waals surface area contributed by atoms with E-state index in [0.29, 0.717) is 0 Å². The first kappa shape index (κ1) is 11.5. The maximum atomic E-state index is 3.47. The molecule has 0 heterocycles. The zero-order chi connectivity index (χ0) is 12.2. The average Bonchev–Trinajstić information content (AvgIpc) is 2.95. The highest BCUT2D eigenvalue weighted by Gasteiger charge is 2.19. The van der Waals surface area contributed by atoms with Gasteiger partial charge in [-0.2, -0.15) is 0 Å². The third-order valence-electron chi connectivity index (χ3n) is 3.09. The Morgan fingerprint density at radius 2 is 1.33 bits per heavy atom. The Labute approximate surface area is 109 Å². The molecule has 0 spiro atoms. The van der Waals surface area contributed by atoms with Crippen molar-refractivity contribution in [3.05, 3.63) is 77.8 Å². The van der Waals surface area contributed by atoms with Gasteiger partial charge in [-0.05, 0) is 37.4 Å². The zero-order valence-corrected chi connectivity index (χ0v) is 11.1. The Morgan fingerprint density at radius 1 is 0.778 bits per heavy atom. The van der Waals surface area contributed by atoms with Gasteiger partial charge >= 0.3 is 0 Å². The number of benzene rings is 2. The standard InChI is InChI=1S/C17H15P/c1-3-9-15(10-4-1)18(17-13-7-8-14-17)16-11-5-2-6-12-16/h1-7,9-12H,8,14H2. The lowest BCUT2D eigenvalue weighted by Crippen LogP contribution is -2.12. The van der Waals surface area contributed by atoms with Crippen molar-refractivity contribution in [2.24, 2.45) is 0 Å². The quantitative estimate of drug-likeness (QED) is 0.571. The zero-order valence-electron chi connectivity index (χ0n) is 10.2. The first-order valence-electron chi connectivity index (χ1n) is 6.29. The molecule has 0 nitrogen and oxygen atoms in total.